The van der Waals surface area contributed by atoms with Gasteiger partial charge < -0.3 is 26.0 Å². The van der Waals surface area contributed by atoms with E-state index in [0.29, 0.717) is 11.4 Å². The quantitative estimate of drug-likeness (QED) is 0.282. The molecule has 0 aromatic carbocycles. The van der Waals surface area contributed by atoms with Crippen LogP contribution in [-0.4, -0.2) is 38.5 Å². The molecule has 0 aliphatic rings. The van der Waals surface area contributed by atoms with Crippen molar-refractivity contribution in [1.29, 1.82) is 0 Å². The molecule has 0 aromatic heterocycles. The maximum atomic E-state index is 9.63. The van der Waals surface area contributed by atoms with Crippen molar-refractivity contribution in [1.82, 2.24) is 0 Å². The summed E-state index contributed by atoms with van der Waals surface area (Å²) in [5, 5.41) is 44.5. The molecular weight excluding hydrogens is 390 g/mol. The minimum atomic E-state index is -0.226. The zero-order chi connectivity index (χ0) is 15.8. The molecule has 0 radical (unpaired) electrons. The van der Waals surface area contributed by atoms with Crippen LogP contribution in [0.5, 0.6) is 0 Å². The Morgan fingerprint density at radius 3 is 1.11 bits per heavy atom. The van der Waals surface area contributed by atoms with Gasteiger partial charge in [-0.1, -0.05) is 15.5 Å². The van der Waals surface area contributed by atoms with Crippen molar-refractivity contribution in [2.45, 2.75) is 27.7 Å². The molecule has 0 heterocycles. The van der Waals surface area contributed by atoms with Gasteiger partial charge in [0, 0.05) is 0 Å². The number of nitrogens with zero attached hydrogens (tertiary/aromatic N) is 4. The first-order chi connectivity index (χ1) is 8.85. The topological polar surface area (TPSA) is 133 Å². The van der Waals surface area contributed by atoms with Gasteiger partial charge in [0.05, 0.1) is 11.4 Å². The average molecular weight is 405 g/mol. The molecule has 0 bridgehead atoms. The summed E-state index contributed by atoms with van der Waals surface area (Å²) in [7, 11) is 9.67. The summed E-state index contributed by atoms with van der Waals surface area (Å²) < 4.78 is 0. The van der Waals surface area contributed by atoms with E-state index >= 15 is 0 Å². The Hall–Kier alpha value is -0.917. The molecule has 3 N–H and O–H groups in total. The number of halogens is 2. The maximum absolute atomic E-state index is 9.63. The van der Waals surface area contributed by atoms with Gasteiger partial charge >= 0.3 is 34.5 Å². The Labute approximate surface area is 126 Å². The van der Waals surface area contributed by atoms with E-state index in [1.165, 1.54) is 27.7 Å². The summed E-state index contributed by atoms with van der Waals surface area (Å²) in [6.07, 6.45) is 0. The third-order valence-corrected chi connectivity index (χ3v) is 1.63. The Kier molecular flexibility index (Phi) is 20.9. The minimum absolute atomic E-state index is 0.201. The zero-order valence-electron chi connectivity index (χ0n) is 10.6. The van der Waals surface area contributed by atoms with Crippen LogP contribution in [0.15, 0.2) is 20.6 Å². The first-order valence-corrected chi connectivity index (χ1v) is 8.65. The van der Waals surface area contributed by atoms with Crippen LogP contribution in [0.25, 0.3) is 0 Å². The predicted molar refractivity (Wildman–Crippen MR) is 72.9 cm³/mol. The van der Waals surface area contributed by atoms with Gasteiger partial charge in [-0.2, -0.15) is 0 Å². The molecular formula is C8H15Cl2N4O4Rh. The molecule has 0 aliphatic heterocycles. The van der Waals surface area contributed by atoms with E-state index in [1.54, 1.807) is 0 Å². The molecule has 11 heteroatoms. The van der Waals surface area contributed by atoms with Gasteiger partial charge in [0.1, 0.15) is 11.4 Å². The summed E-state index contributed by atoms with van der Waals surface area (Å²) in [6.45, 7) is 6.04. The number of hydrogen-bond donors (Lipinski definition) is 3. The Balaban J connectivity index is -0.000000224. The molecule has 0 fully saturated rings. The van der Waals surface area contributed by atoms with Gasteiger partial charge in [-0.25, -0.2) is 0 Å². The zero-order valence-corrected chi connectivity index (χ0v) is 13.8. The van der Waals surface area contributed by atoms with Crippen LogP contribution in [0.1, 0.15) is 27.7 Å². The van der Waals surface area contributed by atoms with E-state index in [-0.39, 0.29) is 26.6 Å². The first-order valence-electron chi connectivity index (χ1n) is 4.43. The van der Waals surface area contributed by atoms with Gasteiger partial charge in [0.15, 0.2) is 0 Å². The van der Waals surface area contributed by atoms with E-state index in [2.05, 4.69) is 20.6 Å². The molecule has 0 aromatic rings. The van der Waals surface area contributed by atoms with Crippen LogP contribution >= 0.6 is 19.4 Å². The third kappa shape index (κ3) is 17.1. The summed E-state index contributed by atoms with van der Waals surface area (Å²) in [4.78, 5) is 0. The fourth-order valence-electron chi connectivity index (χ4n) is 0.283. The van der Waals surface area contributed by atoms with Gasteiger partial charge in [-0.15, -0.1) is 0 Å². The standard InChI is InChI=1S/2C4H8N2O2.2ClH.Rh/c2*1-3(5-7)4(2)6-8;;;/h2*7-8H,1-2H3;2*1H;/q;;;;+3/p-3. The molecule has 0 spiro atoms. The summed E-state index contributed by atoms with van der Waals surface area (Å²) in [6, 6.07) is 0. The van der Waals surface area contributed by atoms with E-state index in [0.717, 1.165) is 0 Å². The van der Waals surface area contributed by atoms with Crippen LogP contribution < -0.4 is 0 Å². The van der Waals surface area contributed by atoms with Crippen LogP contribution in [0, 0.1) is 5.21 Å². The second kappa shape index (κ2) is 17.1. The summed E-state index contributed by atoms with van der Waals surface area (Å²) in [5.41, 5.74) is 1.08. The molecule has 0 saturated carbocycles. The normalized spacial score (nSPS) is 13.2. The third-order valence-electron chi connectivity index (χ3n) is 1.63. The van der Waals surface area contributed by atoms with Crippen molar-refractivity contribution >= 4 is 42.2 Å². The first kappa shape index (κ1) is 23.2. The van der Waals surface area contributed by atoms with Crippen LogP contribution in [0.2, 0.25) is 0 Å². The molecule has 0 amide bonds. The fraction of sp³-hybridized carbons (Fsp3) is 0.500. The second-order valence-electron chi connectivity index (χ2n) is 2.78. The van der Waals surface area contributed by atoms with Gasteiger partial charge in [-0.3, -0.25) is 0 Å². The Morgan fingerprint density at radius 2 is 1.00 bits per heavy atom. The number of rotatable bonds is 2. The molecule has 0 rings (SSSR count). The van der Waals surface area contributed by atoms with Crippen molar-refractivity contribution in [3.8, 4) is 0 Å². The summed E-state index contributed by atoms with van der Waals surface area (Å²) >= 11 is -0.226. The van der Waals surface area contributed by atoms with Gasteiger partial charge in [0.25, 0.3) is 0 Å². The SMILES string of the molecule is CC(=NO)C(C)=NO.CC(=N[O-])C(C)=NO.[Cl][Rh+][Cl]. The molecule has 19 heavy (non-hydrogen) atoms. The van der Waals surface area contributed by atoms with Gasteiger partial charge in [-0.05, 0) is 27.7 Å². The van der Waals surface area contributed by atoms with Crippen molar-refractivity contribution in [2.24, 2.45) is 20.6 Å². The van der Waals surface area contributed by atoms with Crippen molar-refractivity contribution in [3.05, 3.63) is 5.21 Å². The second-order valence-corrected chi connectivity index (χ2v) is 5.27. The van der Waals surface area contributed by atoms with Gasteiger partial charge in [0.2, 0.25) is 0 Å². The van der Waals surface area contributed by atoms with Crippen molar-refractivity contribution < 1.29 is 30.8 Å². The Bertz CT molecular complexity index is 284. The van der Waals surface area contributed by atoms with Crippen LogP contribution in [0.4, 0.5) is 0 Å². The van der Waals surface area contributed by atoms with Crippen LogP contribution in [0.3, 0.4) is 0 Å². The predicted octanol–water partition coefficient (Wildman–Crippen LogP) is 2.86. The average Bonchev–Trinajstić information content (AvgIpc) is 2.45. The van der Waals surface area contributed by atoms with E-state index in [9.17, 15) is 5.21 Å². The van der Waals surface area contributed by atoms with E-state index < -0.39 is 0 Å². The summed E-state index contributed by atoms with van der Waals surface area (Å²) in [5.74, 6) is 0. The monoisotopic (exact) mass is 404 g/mol. The Morgan fingerprint density at radius 1 is 0.789 bits per heavy atom. The molecule has 0 atom stereocenters. The molecule has 0 saturated heterocycles. The van der Waals surface area contributed by atoms with Crippen LogP contribution in [-0.2, 0) is 15.1 Å². The number of oxime groups is 3. The number of hydrogen-bond acceptors (Lipinski definition) is 8. The van der Waals surface area contributed by atoms with Crippen molar-refractivity contribution in [2.75, 3.05) is 0 Å². The van der Waals surface area contributed by atoms with Crippen molar-refractivity contribution in [3.63, 3.8) is 0 Å². The fourth-order valence-corrected chi connectivity index (χ4v) is 0.283. The molecule has 0 unspecified atom stereocenters. The van der Waals surface area contributed by atoms with E-state index in [4.69, 9.17) is 35.0 Å². The molecule has 114 valence electrons. The molecule has 8 nitrogen and oxygen atoms in total. The molecule has 0 aliphatic carbocycles. The van der Waals surface area contributed by atoms with E-state index in [1.807, 2.05) is 0 Å².